The van der Waals surface area contributed by atoms with E-state index in [1.807, 2.05) is 39.0 Å². The smallest absolute Gasteiger partial charge is 0.410 e. The van der Waals surface area contributed by atoms with Crippen LogP contribution in [0.25, 0.3) is 0 Å². The summed E-state index contributed by atoms with van der Waals surface area (Å²) in [6, 6.07) is 5.67. The molecule has 0 unspecified atom stereocenters. The quantitative estimate of drug-likeness (QED) is 0.849. The molecule has 0 bridgehead atoms. The molecule has 0 spiro atoms. The van der Waals surface area contributed by atoms with Crippen LogP contribution < -0.4 is 15.4 Å². The van der Waals surface area contributed by atoms with Crippen molar-refractivity contribution in [2.75, 3.05) is 43.9 Å². The molecule has 6 heteroatoms. The van der Waals surface area contributed by atoms with Crippen molar-refractivity contribution >= 4 is 17.5 Å². The highest BCUT2D eigenvalue weighted by atomic mass is 16.6. The summed E-state index contributed by atoms with van der Waals surface area (Å²) in [4.78, 5) is 16.0. The minimum atomic E-state index is -0.464. The van der Waals surface area contributed by atoms with E-state index in [1.54, 1.807) is 12.0 Å². The Morgan fingerprint density at radius 3 is 2.32 bits per heavy atom. The molecule has 0 saturated carbocycles. The summed E-state index contributed by atoms with van der Waals surface area (Å²) in [5.74, 6) is 0.744. The molecule has 1 saturated heterocycles. The number of nitrogens with zero attached hydrogens (tertiary/aromatic N) is 2. The van der Waals surface area contributed by atoms with Crippen molar-refractivity contribution < 1.29 is 14.3 Å². The molecule has 1 aliphatic heterocycles. The number of methoxy groups -OCH3 is 1. The van der Waals surface area contributed by atoms with Crippen molar-refractivity contribution in [2.24, 2.45) is 0 Å². The zero-order valence-corrected chi connectivity index (χ0v) is 13.8. The van der Waals surface area contributed by atoms with Gasteiger partial charge in [0.1, 0.15) is 11.4 Å². The Labute approximate surface area is 131 Å². The van der Waals surface area contributed by atoms with Crippen LogP contribution in [0, 0.1) is 0 Å². The maximum Gasteiger partial charge on any atom is 0.410 e. The first kappa shape index (κ1) is 16.3. The van der Waals surface area contributed by atoms with Crippen LogP contribution in [0.15, 0.2) is 18.2 Å². The summed E-state index contributed by atoms with van der Waals surface area (Å²) in [6.45, 7) is 8.34. The molecule has 122 valence electrons. The SMILES string of the molecule is COc1ccc(N2CCN(C(=O)OC(C)(C)C)CC2)c(N)c1. The molecule has 0 aliphatic carbocycles. The van der Waals surface area contributed by atoms with Crippen LogP contribution in [0.3, 0.4) is 0 Å². The number of amides is 1. The van der Waals surface area contributed by atoms with Gasteiger partial charge in [0.15, 0.2) is 0 Å². The number of carbonyl (C=O) groups is 1. The number of benzene rings is 1. The fourth-order valence-electron chi connectivity index (χ4n) is 2.40. The van der Waals surface area contributed by atoms with Crippen LogP contribution in [0.2, 0.25) is 0 Å². The molecule has 2 rings (SSSR count). The maximum atomic E-state index is 12.1. The molecule has 0 radical (unpaired) electrons. The van der Waals surface area contributed by atoms with Crippen LogP contribution in [0.5, 0.6) is 5.75 Å². The Hall–Kier alpha value is -2.11. The first-order valence-corrected chi connectivity index (χ1v) is 7.46. The van der Waals surface area contributed by atoms with E-state index in [9.17, 15) is 4.79 Å². The fraction of sp³-hybridized carbons (Fsp3) is 0.562. The number of nitrogen functional groups attached to an aromatic ring is 1. The van der Waals surface area contributed by atoms with E-state index in [0.29, 0.717) is 18.8 Å². The summed E-state index contributed by atoms with van der Waals surface area (Å²) in [5, 5.41) is 0. The van der Waals surface area contributed by atoms with Gasteiger partial charge < -0.3 is 25.0 Å². The predicted octanol–water partition coefficient (Wildman–Crippen LogP) is 2.33. The second-order valence-electron chi connectivity index (χ2n) is 6.38. The van der Waals surface area contributed by atoms with E-state index in [4.69, 9.17) is 15.2 Å². The molecule has 0 aromatic heterocycles. The molecule has 1 aromatic rings. The second kappa shape index (κ2) is 6.34. The molecule has 1 aromatic carbocycles. The summed E-state index contributed by atoms with van der Waals surface area (Å²) in [7, 11) is 1.62. The van der Waals surface area contributed by atoms with Gasteiger partial charge in [-0.25, -0.2) is 4.79 Å². The normalized spacial score (nSPS) is 15.6. The van der Waals surface area contributed by atoms with Gasteiger partial charge in [0.2, 0.25) is 0 Å². The van der Waals surface area contributed by atoms with Gasteiger partial charge in [-0.1, -0.05) is 0 Å². The van der Waals surface area contributed by atoms with E-state index < -0.39 is 5.60 Å². The minimum Gasteiger partial charge on any atom is -0.497 e. The van der Waals surface area contributed by atoms with Crippen molar-refractivity contribution in [3.8, 4) is 5.75 Å². The highest BCUT2D eigenvalue weighted by molar-refractivity contribution is 5.71. The lowest BCUT2D eigenvalue weighted by molar-refractivity contribution is 0.0240. The van der Waals surface area contributed by atoms with Crippen LogP contribution in [-0.2, 0) is 4.74 Å². The number of carbonyl (C=O) groups excluding carboxylic acids is 1. The topological polar surface area (TPSA) is 68.0 Å². The number of rotatable bonds is 2. The molecule has 1 fully saturated rings. The fourth-order valence-corrected chi connectivity index (χ4v) is 2.40. The Morgan fingerprint density at radius 2 is 1.82 bits per heavy atom. The third-order valence-corrected chi connectivity index (χ3v) is 3.51. The lowest BCUT2D eigenvalue weighted by atomic mass is 10.2. The average Bonchev–Trinajstić information content (AvgIpc) is 2.45. The first-order chi connectivity index (χ1) is 10.3. The third-order valence-electron chi connectivity index (χ3n) is 3.51. The van der Waals surface area contributed by atoms with Crippen molar-refractivity contribution in [1.29, 1.82) is 0 Å². The zero-order chi connectivity index (χ0) is 16.3. The van der Waals surface area contributed by atoms with Gasteiger partial charge in [-0.15, -0.1) is 0 Å². The van der Waals surface area contributed by atoms with Crippen LogP contribution >= 0.6 is 0 Å². The van der Waals surface area contributed by atoms with Crippen LogP contribution in [-0.4, -0.2) is 49.9 Å². The average molecular weight is 307 g/mol. The highest BCUT2D eigenvalue weighted by Gasteiger charge is 2.26. The van der Waals surface area contributed by atoms with Gasteiger partial charge in [-0.3, -0.25) is 0 Å². The third kappa shape index (κ3) is 3.96. The van der Waals surface area contributed by atoms with Crippen molar-refractivity contribution in [1.82, 2.24) is 4.90 Å². The lowest BCUT2D eigenvalue weighted by Crippen LogP contribution is -2.50. The standard InChI is InChI=1S/C16H25N3O3/c1-16(2,3)22-15(20)19-9-7-18(8-10-19)14-6-5-12(21-4)11-13(14)17/h5-6,11H,7-10,17H2,1-4H3. The highest BCUT2D eigenvalue weighted by Crippen LogP contribution is 2.28. The van der Waals surface area contributed by atoms with E-state index in [1.165, 1.54) is 0 Å². The largest absolute Gasteiger partial charge is 0.497 e. The lowest BCUT2D eigenvalue weighted by Gasteiger charge is -2.37. The number of anilines is 2. The molecule has 22 heavy (non-hydrogen) atoms. The molecule has 0 atom stereocenters. The number of hydrogen-bond donors (Lipinski definition) is 1. The van der Waals surface area contributed by atoms with Crippen LogP contribution in [0.1, 0.15) is 20.8 Å². The molecule has 2 N–H and O–H groups in total. The van der Waals surface area contributed by atoms with Gasteiger partial charge in [0.25, 0.3) is 0 Å². The predicted molar refractivity (Wildman–Crippen MR) is 87.4 cm³/mol. The van der Waals surface area contributed by atoms with E-state index >= 15 is 0 Å². The maximum absolute atomic E-state index is 12.1. The first-order valence-electron chi connectivity index (χ1n) is 7.46. The summed E-state index contributed by atoms with van der Waals surface area (Å²) < 4.78 is 10.6. The van der Waals surface area contributed by atoms with Gasteiger partial charge in [-0.05, 0) is 32.9 Å². The molecule has 1 heterocycles. The Balaban J connectivity index is 1.96. The van der Waals surface area contributed by atoms with Gasteiger partial charge in [-0.2, -0.15) is 0 Å². The summed E-state index contributed by atoms with van der Waals surface area (Å²) in [5.41, 5.74) is 7.28. The van der Waals surface area contributed by atoms with E-state index in [2.05, 4.69) is 4.90 Å². The zero-order valence-electron chi connectivity index (χ0n) is 13.8. The second-order valence-corrected chi connectivity index (χ2v) is 6.38. The Morgan fingerprint density at radius 1 is 1.18 bits per heavy atom. The number of hydrogen-bond acceptors (Lipinski definition) is 5. The molecular formula is C16H25N3O3. The van der Waals surface area contributed by atoms with Gasteiger partial charge in [0.05, 0.1) is 18.5 Å². The van der Waals surface area contributed by atoms with Gasteiger partial charge >= 0.3 is 6.09 Å². The number of piperazine rings is 1. The number of ether oxygens (including phenoxy) is 2. The molecule has 1 aliphatic rings. The van der Waals surface area contributed by atoms with Crippen molar-refractivity contribution in [3.05, 3.63) is 18.2 Å². The van der Waals surface area contributed by atoms with E-state index in [-0.39, 0.29) is 6.09 Å². The van der Waals surface area contributed by atoms with Crippen molar-refractivity contribution in [2.45, 2.75) is 26.4 Å². The molecule has 1 amide bonds. The molecule has 6 nitrogen and oxygen atoms in total. The minimum absolute atomic E-state index is 0.255. The van der Waals surface area contributed by atoms with Gasteiger partial charge in [0, 0.05) is 32.2 Å². The van der Waals surface area contributed by atoms with E-state index in [0.717, 1.165) is 24.5 Å². The Kier molecular flexibility index (Phi) is 4.68. The summed E-state index contributed by atoms with van der Waals surface area (Å²) in [6.07, 6.45) is -0.255. The van der Waals surface area contributed by atoms with Crippen LogP contribution in [0.4, 0.5) is 16.2 Å². The Bertz CT molecular complexity index is 532. The summed E-state index contributed by atoms with van der Waals surface area (Å²) >= 11 is 0. The molecular weight excluding hydrogens is 282 g/mol. The monoisotopic (exact) mass is 307 g/mol. The van der Waals surface area contributed by atoms with Crippen molar-refractivity contribution in [3.63, 3.8) is 0 Å². The number of nitrogens with two attached hydrogens (primary N) is 1.